The lowest BCUT2D eigenvalue weighted by atomic mass is 9.97. The predicted molar refractivity (Wildman–Crippen MR) is 98.1 cm³/mol. The molecule has 7 N–H and O–H groups in total. The second kappa shape index (κ2) is 11.0. The van der Waals surface area contributed by atoms with Crippen LogP contribution < -0.4 is 16.4 Å². The molecule has 0 fully saturated rings. The van der Waals surface area contributed by atoms with Crippen LogP contribution in [0.4, 0.5) is 0 Å². The topological polar surface area (TPSA) is 188 Å². The second-order valence-corrected chi connectivity index (χ2v) is 6.59. The number of carboxylic acid groups (broad SMARTS) is 2. The normalized spacial score (nSPS) is 15.1. The van der Waals surface area contributed by atoms with Crippen molar-refractivity contribution in [2.24, 2.45) is 11.7 Å². The molecule has 0 saturated carbocycles. The number of hydrogen-bond donors (Lipinski definition) is 6. The molecule has 11 nitrogen and oxygen atoms in total. The van der Waals surface area contributed by atoms with Crippen molar-refractivity contribution >= 4 is 23.8 Å². The van der Waals surface area contributed by atoms with E-state index >= 15 is 0 Å². The first-order valence-electron chi connectivity index (χ1n) is 8.93. The number of imidazole rings is 1. The Bertz CT molecular complexity index is 678. The fraction of sp³-hybridized carbons (Fsp3) is 0.588. The number of rotatable bonds is 12. The summed E-state index contributed by atoms with van der Waals surface area (Å²) in [7, 11) is 0. The van der Waals surface area contributed by atoms with Crippen LogP contribution in [0.2, 0.25) is 0 Å². The Balaban J connectivity index is 2.81. The quantitative estimate of drug-likeness (QED) is 0.265. The zero-order valence-corrected chi connectivity index (χ0v) is 15.8. The molecule has 1 aromatic rings. The molecule has 0 aliphatic heterocycles. The average molecular weight is 397 g/mol. The molecule has 0 aromatic carbocycles. The van der Waals surface area contributed by atoms with Gasteiger partial charge in [0.15, 0.2) is 0 Å². The summed E-state index contributed by atoms with van der Waals surface area (Å²) < 4.78 is 0. The lowest BCUT2D eigenvalue weighted by Crippen LogP contribution is -2.57. The van der Waals surface area contributed by atoms with E-state index in [1.165, 1.54) is 12.5 Å². The van der Waals surface area contributed by atoms with Gasteiger partial charge in [-0.1, -0.05) is 20.3 Å². The molecule has 0 spiro atoms. The molecule has 11 heteroatoms. The van der Waals surface area contributed by atoms with Crippen LogP contribution in [0.3, 0.4) is 0 Å². The highest BCUT2D eigenvalue weighted by Crippen LogP contribution is 2.10. The largest absolute Gasteiger partial charge is 0.481 e. The molecule has 4 atom stereocenters. The van der Waals surface area contributed by atoms with Crippen LogP contribution in [0, 0.1) is 5.92 Å². The molecule has 156 valence electrons. The number of carbonyl (C=O) groups excluding carboxylic acids is 2. The van der Waals surface area contributed by atoms with E-state index in [1.54, 1.807) is 6.92 Å². The van der Waals surface area contributed by atoms with Crippen LogP contribution in [-0.2, 0) is 25.6 Å². The van der Waals surface area contributed by atoms with Crippen molar-refractivity contribution < 1.29 is 29.4 Å². The Morgan fingerprint density at radius 2 is 1.89 bits per heavy atom. The van der Waals surface area contributed by atoms with E-state index in [4.69, 9.17) is 10.8 Å². The van der Waals surface area contributed by atoms with Crippen LogP contribution in [0.5, 0.6) is 0 Å². The minimum absolute atomic E-state index is 0.000368. The Morgan fingerprint density at radius 1 is 1.21 bits per heavy atom. The van der Waals surface area contributed by atoms with Gasteiger partial charge in [-0.15, -0.1) is 0 Å². The van der Waals surface area contributed by atoms with Crippen LogP contribution in [0.25, 0.3) is 0 Å². The number of nitrogens with one attached hydrogen (secondary N) is 3. The number of hydrogen-bond acceptors (Lipinski definition) is 6. The third-order valence-electron chi connectivity index (χ3n) is 4.39. The highest BCUT2D eigenvalue weighted by Gasteiger charge is 2.31. The van der Waals surface area contributed by atoms with Crippen molar-refractivity contribution in [3.8, 4) is 0 Å². The van der Waals surface area contributed by atoms with E-state index in [0.717, 1.165) is 0 Å². The molecule has 1 rings (SSSR count). The van der Waals surface area contributed by atoms with Gasteiger partial charge in [-0.2, -0.15) is 0 Å². The Hall–Kier alpha value is -2.95. The summed E-state index contributed by atoms with van der Waals surface area (Å²) in [5.74, 6) is -3.92. The zero-order chi connectivity index (χ0) is 21.3. The maximum Gasteiger partial charge on any atom is 0.326 e. The number of aromatic nitrogens is 2. The van der Waals surface area contributed by atoms with Crippen LogP contribution in [-0.4, -0.2) is 62.1 Å². The van der Waals surface area contributed by atoms with Gasteiger partial charge in [-0.25, -0.2) is 9.78 Å². The predicted octanol–water partition coefficient (Wildman–Crippen LogP) is -0.755. The van der Waals surface area contributed by atoms with Crippen molar-refractivity contribution in [1.29, 1.82) is 0 Å². The van der Waals surface area contributed by atoms with Gasteiger partial charge in [0.05, 0.1) is 12.4 Å². The summed E-state index contributed by atoms with van der Waals surface area (Å²) >= 11 is 0. The molecule has 0 bridgehead atoms. The Morgan fingerprint density at radius 3 is 2.39 bits per heavy atom. The number of aromatic amines is 1. The molecule has 28 heavy (non-hydrogen) atoms. The summed E-state index contributed by atoms with van der Waals surface area (Å²) in [6.07, 6.45) is 3.04. The standard InChI is InChI=1S/C17H27N5O6/c1-3-9(2)14(22-15(25)11(18)4-5-13(23)24)16(26)21-12(17(27)28)6-10-7-19-8-20-10/h7-9,11-12,14H,3-6,18H2,1-2H3,(H,19,20)(H,21,26)(H,22,25)(H,23,24)(H,27,28)/t9-,11-,12-,14-/m0/s1. The molecule has 0 aliphatic rings. The van der Waals surface area contributed by atoms with E-state index < -0.39 is 41.9 Å². The second-order valence-electron chi connectivity index (χ2n) is 6.59. The van der Waals surface area contributed by atoms with E-state index in [2.05, 4.69) is 20.6 Å². The van der Waals surface area contributed by atoms with Crippen molar-refractivity contribution in [2.45, 2.75) is 57.7 Å². The molecule has 0 aliphatic carbocycles. The molecule has 1 aromatic heterocycles. The van der Waals surface area contributed by atoms with Gasteiger partial charge in [0.1, 0.15) is 12.1 Å². The van der Waals surface area contributed by atoms with Gasteiger partial charge in [0.2, 0.25) is 11.8 Å². The van der Waals surface area contributed by atoms with Gasteiger partial charge >= 0.3 is 11.9 Å². The Kier molecular flexibility index (Phi) is 9.09. The SMILES string of the molecule is CC[C@H](C)[C@H](NC(=O)[C@@H](N)CCC(=O)O)C(=O)N[C@@H](Cc1cnc[nH]1)C(=O)O. The monoisotopic (exact) mass is 397 g/mol. The molecular weight excluding hydrogens is 370 g/mol. The molecule has 1 heterocycles. The highest BCUT2D eigenvalue weighted by molar-refractivity contribution is 5.92. The van der Waals surface area contributed by atoms with Crippen molar-refractivity contribution in [2.75, 3.05) is 0 Å². The number of nitrogens with zero attached hydrogens (tertiary/aromatic N) is 1. The van der Waals surface area contributed by atoms with Crippen LogP contribution >= 0.6 is 0 Å². The molecule has 2 amide bonds. The smallest absolute Gasteiger partial charge is 0.326 e. The lowest BCUT2D eigenvalue weighted by molar-refractivity contribution is -0.142. The minimum Gasteiger partial charge on any atom is -0.481 e. The van der Waals surface area contributed by atoms with Crippen molar-refractivity contribution in [3.63, 3.8) is 0 Å². The Labute approximate surface area is 162 Å². The first-order valence-corrected chi connectivity index (χ1v) is 8.93. The number of carboxylic acids is 2. The zero-order valence-electron chi connectivity index (χ0n) is 15.8. The molecule has 0 unspecified atom stereocenters. The summed E-state index contributed by atoms with van der Waals surface area (Å²) in [4.78, 5) is 53.6. The summed E-state index contributed by atoms with van der Waals surface area (Å²) in [6, 6.07) is -3.30. The third kappa shape index (κ3) is 7.35. The minimum atomic E-state index is -1.23. The van der Waals surface area contributed by atoms with Gasteiger partial charge < -0.3 is 31.6 Å². The molecule has 0 saturated heterocycles. The first-order chi connectivity index (χ1) is 13.1. The fourth-order valence-electron chi connectivity index (χ4n) is 2.45. The highest BCUT2D eigenvalue weighted by atomic mass is 16.4. The number of carbonyl (C=O) groups is 4. The first kappa shape index (κ1) is 23.1. The molecular formula is C17H27N5O6. The summed E-state index contributed by atoms with van der Waals surface area (Å²) in [6.45, 7) is 3.55. The maximum absolute atomic E-state index is 12.7. The average Bonchev–Trinajstić information content (AvgIpc) is 3.15. The molecule has 0 radical (unpaired) electrons. The van der Waals surface area contributed by atoms with E-state index in [9.17, 15) is 24.3 Å². The number of H-pyrrole nitrogens is 1. The number of aliphatic carboxylic acids is 2. The van der Waals surface area contributed by atoms with Gasteiger partial charge in [0.25, 0.3) is 0 Å². The van der Waals surface area contributed by atoms with Gasteiger partial charge in [0, 0.05) is 24.7 Å². The third-order valence-corrected chi connectivity index (χ3v) is 4.39. The summed E-state index contributed by atoms with van der Waals surface area (Å²) in [5, 5.41) is 23.0. The van der Waals surface area contributed by atoms with Crippen molar-refractivity contribution in [1.82, 2.24) is 20.6 Å². The van der Waals surface area contributed by atoms with E-state index in [0.29, 0.717) is 12.1 Å². The van der Waals surface area contributed by atoms with E-state index in [-0.39, 0.29) is 25.2 Å². The van der Waals surface area contributed by atoms with Crippen LogP contribution in [0.1, 0.15) is 38.8 Å². The lowest BCUT2D eigenvalue weighted by Gasteiger charge is -2.26. The van der Waals surface area contributed by atoms with Gasteiger partial charge in [-0.3, -0.25) is 14.4 Å². The van der Waals surface area contributed by atoms with Gasteiger partial charge in [-0.05, 0) is 12.3 Å². The van der Waals surface area contributed by atoms with E-state index in [1.807, 2.05) is 6.92 Å². The van der Waals surface area contributed by atoms with Crippen LogP contribution in [0.15, 0.2) is 12.5 Å². The number of amides is 2. The summed E-state index contributed by atoms with van der Waals surface area (Å²) in [5.41, 5.74) is 6.22. The van der Waals surface area contributed by atoms with Crippen molar-refractivity contribution in [3.05, 3.63) is 18.2 Å². The number of nitrogens with two attached hydrogens (primary N) is 1. The maximum atomic E-state index is 12.7. The fourth-order valence-corrected chi connectivity index (χ4v) is 2.45.